The molecule has 1 aliphatic heterocycles. The number of carbonyl (C=O) groups excluding carboxylic acids is 1. The number of nitrogens with zero attached hydrogens (tertiary/aromatic N) is 1. The van der Waals surface area contributed by atoms with Gasteiger partial charge in [-0.05, 0) is 19.8 Å². The van der Waals surface area contributed by atoms with E-state index in [0.717, 1.165) is 4.31 Å². The summed E-state index contributed by atoms with van der Waals surface area (Å²) in [6, 6.07) is 0. The van der Waals surface area contributed by atoms with Crippen LogP contribution >= 0.6 is 0 Å². The van der Waals surface area contributed by atoms with Crippen molar-refractivity contribution in [2.45, 2.75) is 19.8 Å². The maximum atomic E-state index is 11.8. The lowest BCUT2D eigenvalue weighted by Crippen LogP contribution is -2.48. The zero-order valence-electron chi connectivity index (χ0n) is 10.2. The minimum absolute atomic E-state index is 0.0744. The normalized spacial score (nSPS) is 18.3. The number of hydrogen-bond acceptors (Lipinski definition) is 5. The van der Waals surface area contributed by atoms with Crippen molar-refractivity contribution in [1.82, 2.24) is 9.03 Å². The van der Waals surface area contributed by atoms with E-state index in [0.29, 0.717) is 12.8 Å². The first-order valence-corrected chi connectivity index (χ1v) is 7.09. The van der Waals surface area contributed by atoms with Crippen molar-refractivity contribution in [1.29, 1.82) is 5.41 Å². The first kappa shape index (κ1) is 14.7. The van der Waals surface area contributed by atoms with E-state index in [4.69, 9.17) is 11.1 Å². The lowest BCUT2D eigenvalue weighted by atomic mass is 9.97. The zero-order chi connectivity index (χ0) is 13.8. The van der Waals surface area contributed by atoms with Gasteiger partial charge in [-0.15, -0.1) is 0 Å². The van der Waals surface area contributed by atoms with Crippen LogP contribution in [-0.4, -0.2) is 44.3 Å². The first-order valence-electron chi connectivity index (χ1n) is 5.65. The van der Waals surface area contributed by atoms with Crippen LogP contribution < -0.4 is 10.5 Å². The number of nitrogens with one attached hydrogen (secondary N) is 2. The van der Waals surface area contributed by atoms with Crippen LogP contribution in [0.15, 0.2) is 0 Å². The predicted octanol–water partition coefficient (Wildman–Crippen LogP) is -0.375. The van der Waals surface area contributed by atoms with Gasteiger partial charge in [0.25, 0.3) is 0 Å². The summed E-state index contributed by atoms with van der Waals surface area (Å²) in [5, 5.41) is 7.30. The van der Waals surface area contributed by atoms with Crippen LogP contribution in [0, 0.1) is 11.3 Å². The lowest BCUT2D eigenvalue weighted by molar-refractivity contribution is 0.157. The van der Waals surface area contributed by atoms with Crippen molar-refractivity contribution in [3.05, 3.63) is 0 Å². The molecule has 0 radical (unpaired) electrons. The first-order chi connectivity index (χ1) is 8.36. The molecule has 0 aromatic carbocycles. The largest absolute Gasteiger partial charge is 0.449 e. The molecular formula is C9H18N4O4S. The Bertz CT molecular complexity index is 414. The highest BCUT2D eigenvalue weighted by Gasteiger charge is 2.30. The van der Waals surface area contributed by atoms with Gasteiger partial charge < -0.3 is 10.5 Å². The van der Waals surface area contributed by atoms with Crippen LogP contribution in [0.2, 0.25) is 0 Å². The molecule has 0 aromatic rings. The fourth-order valence-corrected chi connectivity index (χ4v) is 2.83. The molecule has 1 rings (SSSR count). The average molecular weight is 278 g/mol. The summed E-state index contributed by atoms with van der Waals surface area (Å²) < 4.78 is 31.0. The Hall–Kier alpha value is -1.35. The van der Waals surface area contributed by atoms with Gasteiger partial charge in [-0.2, -0.15) is 12.7 Å². The van der Waals surface area contributed by atoms with Gasteiger partial charge in [0.05, 0.1) is 12.4 Å². The Labute approximate surface area is 106 Å². The van der Waals surface area contributed by atoms with E-state index in [-0.39, 0.29) is 31.4 Å². The molecule has 1 saturated heterocycles. The van der Waals surface area contributed by atoms with Gasteiger partial charge in [0.2, 0.25) is 0 Å². The number of hydrogen-bond donors (Lipinski definition) is 3. The summed E-state index contributed by atoms with van der Waals surface area (Å²) in [5.41, 5.74) is 5.37. The summed E-state index contributed by atoms with van der Waals surface area (Å²) in [7, 11) is -3.86. The van der Waals surface area contributed by atoms with Crippen molar-refractivity contribution >= 4 is 22.1 Å². The van der Waals surface area contributed by atoms with Crippen molar-refractivity contribution in [2.24, 2.45) is 11.7 Å². The maximum Gasteiger partial charge on any atom is 0.421 e. The van der Waals surface area contributed by atoms with Crippen LogP contribution in [0.1, 0.15) is 19.8 Å². The van der Waals surface area contributed by atoms with Crippen LogP contribution in [0.4, 0.5) is 4.79 Å². The van der Waals surface area contributed by atoms with Gasteiger partial charge in [-0.3, -0.25) is 5.41 Å². The van der Waals surface area contributed by atoms with Gasteiger partial charge in [0, 0.05) is 19.0 Å². The van der Waals surface area contributed by atoms with Crippen molar-refractivity contribution < 1.29 is 17.9 Å². The summed E-state index contributed by atoms with van der Waals surface area (Å²) in [6.45, 7) is 2.16. The maximum absolute atomic E-state index is 11.8. The second kappa shape index (κ2) is 6.01. The predicted molar refractivity (Wildman–Crippen MR) is 65.3 cm³/mol. The van der Waals surface area contributed by atoms with Crippen molar-refractivity contribution in [3.8, 4) is 0 Å². The van der Waals surface area contributed by atoms with Crippen LogP contribution in [-0.2, 0) is 14.9 Å². The highest BCUT2D eigenvalue weighted by Crippen LogP contribution is 2.18. The zero-order valence-corrected chi connectivity index (χ0v) is 11.0. The quantitative estimate of drug-likeness (QED) is 0.477. The number of carbonyl (C=O) groups is 1. The molecule has 0 unspecified atom stereocenters. The van der Waals surface area contributed by atoms with Crippen molar-refractivity contribution in [3.63, 3.8) is 0 Å². The Morgan fingerprint density at radius 2 is 2.06 bits per heavy atom. The van der Waals surface area contributed by atoms with Gasteiger partial charge in [-0.1, -0.05) is 0 Å². The molecule has 1 heterocycles. The molecule has 4 N–H and O–H groups in total. The number of amidine groups is 1. The molecule has 1 fully saturated rings. The van der Waals surface area contributed by atoms with Gasteiger partial charge in [0.1, 0.15) is 0 Å². The molecule has 0 atom stereocenters. The van der Waals surface area contributed by atoms with E-state index in [1.807, 2.05) is 4.72 Å². The highest BCUT2D eigenvalue weighted by atomic mass is 32.2. The second-order valence-corrected chi connectivity index (χ2v) is 5.63. The monoisotopic (exact) mass is 278 g/mol. The molecule has 18 heavy (non-hydrogen) atoms. The third kappa shape index (κ3) is 3.84. The third-order valence-corrected chi connectivity index (χ3v) is 4.19. The van der Waals surface area contributed by atoms with Crippen LogP contribution in [0.5, 0.6) is 0 Å². The van der Waals surface area contributed by atoms with E-state index in [2.05, 4.69) is 4.74 Å². The Balaban J connectivity index is 2.55. The third-order valence-electron chi connectivity index (χ3n) is 2.72. The number of nitrogens with two attached hydrogens (primary N) is 1. The molecule has 0 aliphatic carbocycles. The fourth-order valence-electron chi connectivity index (χ4n) is 1.74. The van der Waals surface area contributed by atoms with Gasteiger partial charge in [0.15, 0.2) is 0 Å². The van der Waals surface area contributed by atoms with E-state index in [9.17, 15) is 13.2 Å². The number of rotatable bonds is 4. The summed E-state index contributed by atoms with van der Waals surface area (Å²) in [6.07, 6.45) is -0.0100. The number of ether oxygens (including phenoxy) is 1. The van der Waals surface area contributed by atoms with Crippen LogP contribution in [0.25, 0.3) is 0 Å². The average Bonchev–Trinajstić information content (AvgIpc) is 2.28. The molecule has 0 aromatic heterocycles. The SMILES string of the molecule is CCOC(=O)NS(=O)(=O)N1CCC(C(=N)N)CC1. The molecule has 0 bridgehead atoms. The minimum atomic E-state index is -3.86. The Morgan fingerprint density at radius 3 is 2.50 bits per heavy atom. The molecule has 1 aliphatic rings. The number of piperidine rings is 1. The van der Waals surface area contributed by atoms with E-state index < -0.39 is 16.3 Å². The molecule has 104 valence electrons. The van der Waals surface area contributed by atoms with Gasteiger partial charge in [-0.25, -0.2) is 9.52 Å². The lowest BCUT2D eigenvalue weighted by Gasteiger charge is -2.30. The van der Waals surface area contributed by atoms with E-state index >= 15 is 0 Å². The topological polar surface area (TPSA) is 126 Å². The minimum Gasteiger partial charge on any atom is -0.449 e. The standard InChI is InChI=1S/C9H18N4O4S/c1-2-17-9(14)12-18(15,16)13-5-3-7(4-6-13)8(10)11/h7H,2-6H2,1H3,(H3,10,11)(H,12,14). The van der Waals surface area contributed by atoms with Crippen molar-refractivity contribution in [2.75, 3.05) is 19.7 Å². The molecule has 0 saturated carbocycles. The fraction of sp³-hybridized carbons (Fsp3) is 0.778. The second-order valence-electron chi connectivity index (χ2n) is 3.96. The van der Waals surface area contributed by atoms with E-state index in [1.54, 1.807) is 6.92 Å². The van der Waals surface area contributed by atoms with Gasteiger partial charge >= 0.3 is 16.3 Å². The molecule has 1 amide bonds. The molecule has 8 nitrogen and oxygen atoms in total. The summed E-state index contributed by atoms with van der Waals surface area (Å²) in [4.78, 5) is 11.1. The summed E-state index contributed by atoms with van der Waals surface area (Å²) in [5.74, 6) is -0.00977. The highest BCUT2D eigenvalue weighted by molar-refractivity contribution is 7.87. The molecular weight excluding hydrogens is 260 g/mol. The Kier molecular flexibility index (Phi) is 4.91. The Morgan fingerprint density at radius 1 is 1.50 bits per heavy atom. The molecule has 9 heteroatoms. The van der Waals surface area contributed by atoms with E-state index in [1.165, 1.54) is 0 Å². The van der Waals surface area contributed by atoms with Crippen LogP contribution in [0.3, 0.4) is 0 Å². The number of amides is 1. The molecule has 0 spiro atoms. The smallest absolute Gasteiger partial charge is 0.421 e. The summed E-state index contributed by atoms with van der Waals surface area (Å²) >= 11 is 0.